The van der Waals surface area contributed by atoms with E-state index in [1.807, 2.05) is 30.0 Å². The van der Waals surface area contributed by atoms with Gasteiger partial charge in [-0.2, -0.15) is 0 Å². The van der Waals surface area contributed by atoms with Gasteiger partial charge >= 0.3 is 0 Å². The van der Waals surface area contributed by atoms with Gasteiger partial charge in [0.05, 0.1) is 11.5 Å². The molecule has 2 atom stereocenters. The Balaban J connectivity index is 1.47. The first kappa shape index (κ1) is 20.3. The summed E-state index contributed by atoms with van der Waals surface area (Å²) in [6.45, 7) is 4.51. The van der Waals surface area contributed by atoms with Crippen LogP contribution in [-0.4, -0.2) is 38.3 Å². The standard InChI is InChI=1S/C25H23FN4O2/c1-15-4-8-19(23-27-10-3-11-28-23)20(12-15)25(31)30-14-17(6-5-16(30)2)24-29-21-13-18(26)7-9-22(21)32-24/h3-4,7-13,16-17H,5-6,14H2,1-2H3/t16-,17-/m1/s1. The molecule has 6 nitrogen and oxygen atoms in total. The monoisotopic (exact) mass is 430 g/mol. The van der Waals surface area contributed by atoms with E-state index in [0.717, 1.165) is 18.4 Å². The molecule has 1 aliphatic rings. The van der Waals surface area contributed by atoms with Gasteiger partial charge in [0.1, 0.15) is 11.3 Å². The summed E-state index contributed by atoms with van der Waals surface area (Å²) < 4.78 is 19.5. The number of nitrogens with zero attached hydrogens (tertiary/aromatic N) is 4. The van der Waals surface area contributed by atoms with Crippen LogP contribution in [0.4, 0.5) is 4.39 Å². The molecule has 0 spiro atoms. The molecule has 162 valence electrons. The number of carbonyl (C=O) groups is 1. The van der Waals surface area contributed by atoms with E-state index in [0.29, 0.717) is 40.5 Å². The molecule has 1 fully saturated rings. The fourth-order valence-electron chi connectivity index (χ4n) is 4.31. The van der Waals surface area contributed by atoms with Crippen molar-refractivity contribution in [2.75, 3.05) is 6.54 Å². The van der Waals surface area contributed by atoms with Crippen LogP contribution in [0, 0.1) is 12.7 Å². The maximum Gasteiger partial charge on any atom is 0.254 e. The van der Waals surface area contributed by atoms with Crippen LogP contribution in [0.1, 0.15) is 47.5 Å². The lowest BCUT2D eigenvalue weighted by molar-refractivity contribution is 0.0598. The molecule has 1 amide bonds. The number of piperidine rings is 1. The summed E-state index contributed by atoms with van der Waals surface area (Å²) in [6, 6.07) is 11.9. The third-order valence-electron chi connectivity index (χ3n) is 6.07. The van der Waals surface area contributed by atoms with Gasteiger partial charge in [0.2, 0.25) is 0 Å². The van der Waals surface area contributed by atoms with Crippen molar-refractivity contribution in [2.24, 2.45) is 0 Å². The number of carbonyl (C=O) groups excluding carboxylic acids is 1. The van der Waals surface area contributed by atoms with Gasteiger partial charge in [-0.1, -0.05) is 17.7 Å². The third kappa shape index (κ3) is 3.75. The van der Waals surface area contributed by atoms with Gasteiger partial charge in [-0.25, -0.2) is 19.3 Å². The molecule has 32 heavy (non-hydrogen) atoms. The fraction of sp³-hybridized carbons (Fsp3) is 0.280. The number of aryl methyl sites for hydroxylation is 1. The lowest BCUT2D eigenvalue weighted by atomic mass is 9.92. The van der Waals surface area contributed by atoms with Crippen LogP contribution in [0.3, 0.4) is 0 Å². The van der Waals surface area contributed by atoms with Gasteiger partial charge < -0.3 is 9.32 Å². The molecule has 0 bridgehead atoms. The van der Waals surface area contributed by atoms with Gasteiger partial charge in [-0.05, 0) is 51.0 Å². The molecule has 1 aliphatic heterocycles. The minimum Gasteiger partial charge on any atom is -0.440 e. The Morgan fingerprint density at radius 1 is 1.12 bits per heavy atom. The molecule has 0 saturated carbocycles. The number of benzene rings is 2. The zero-order valence-corrected chi connectivity index (χ0v) is 18.0. The fourth-order valence-corrected chi connectivity index (χ4v) is 4.31. The number of halogens is 1. The van der Waals surface area contributed by atoms with Crippen molar-refractivity contribution in [1.29, 1.82) is 0 Å². The highest BCUT2D eigenvalue weighted by Gasteiger charge is 2.34. The topological polar surface area (TPSA) is 72.1 Å². The van der Waals surface area contributed by atoms with Crippen LogP contribution in [0.2, 0.25) is 0 Å². The number of rotatable bonds is 3. The molecule has 0 N–H and O–H groups in total. The summed E-state index contributed by atoms with van der Waals surface area (Å²) in [7, 11) is 0. The first-order valence-corrected chi connectivity index (χ1v) is 10.7. The van der Waals surface area contributed by atoms with Crippen LogP contribution in [0.15, 0.2) is 59.3 Å². The molecule has 1 saturated heterocycles. The Kier molecular flexibility index (Phi) is 5.17. The van der Waals surface area contributed by atoms with Gasteiger partial charge in [0.15, 0.2) is 17.3 Å². The third-order valence-corrected chi connectivity index (χ3v) is 6.07. The summed E-state index contributed by atoms with van der Waals surface area (Å²) in [4.78, 5) is 28.8. The maximum absolute atomic E-state index is 13.7. The zero-order valence-electron chi connectivity index (χ0n) is 18.0. The quantitative estimate of drug-likeness (QED) is 0.450. The zero-order chi connectivity index (χ0) is 22.2. The average Bonchev–Trinajstić information content (AvgIpc) is 3.22. The summed E-state index contributed by atoms with van der Waals surface area (Å²) in [5.41, 5.74) is 3.35. The number of aromatic nitrogens is 3. The first-order chi connectivity index (χ1) is 15.5. The first-order valence-electron chi connectivity index (χ1n) is 10.7. The number of oxazole rings is 1. The lowest BCUT2D eigenvalue weighted by Gasteiger charge is -2.37. The molecule has 0 aliphatic carbocycles. The van der Waals surface area contributed by atoms with Crippen LogP contribution in [0.25, 0.3) is 22.5 Å². The molecular formula is C25H23FN4O2. The summed E-state index contributed by atoms with van der Waals surface area (Å²) in [6.07, 6.45) is 5.02. The smallest absolute Gasteiger partial charge is 0.254 e. The van der Waals surface area contributed by atoms with Gasteiger partial charge in [-0.15, -0.1) is 0 Å². The van der Waals surface area contributed by atoms with Crippen molar-refractivity contribution in [2.45, 2.75) is 38.6 Å². The molecule has 0 unspecified atom stereocenters. The molecule has 2 aromatic heterocycles. The summed E-state index contributed by atoms with van der Waals surface area (Å²) in [5.74, 6) is 0.619. The van der Waals surface area contributed by atoms with Crippen LogP contribution in [-0.2, 0) is 0 Å². The van der Waals surface area contributed by atoms with Gasteiger partial charge in [0.25, 0.3) is 5.91 Å². The van der Waals surface area contributed by atoms with E-state index in [1.165, 1.54) is 12.1 Å². The second-order valence-corrected chi connectivity index (χ2v) is 8.37. The van der Waals surface area contributed by atoms with Crippen molar-refractivity contribution < 1.29 is 13.6 Å². The van der Waals surface area contributed by atoms with Crippen LogP contribution >= 0.6 is 0 Å². The minimum atomic E-state index is -0.346. The Hall–Kier alpha value is -3.61. The van der Waals surface area contributed by atoms with Crippen LogP contribution < -0.4 is 0 Å². The highest BCUT2D eigenvalue weighted by molar-refractivity contribution is 6.00. The van der Waals surface area contributed by atoms with Gasteiger partial charge in [-0.3, -0.25) is 4.79 Å². The molecule has 3 heterocycles. The van der Waals surface area contributed by atoms with Gasteiger partial charge in [0, 0.05) is 36.6 Å². The molecule has 5 rings (SSSR count). The Labute approximate surface area is 185 Å². The minimum absolute atomic E-state index is 0.0492. The molecule has 0 radical (unpaired) electrons. The molecule has 7 heteroatoms. The number of likely N-dealkylation sites (tertiary alicyclic amines) is 1. The highest BCUT2D eigenvalue weighted by Crippen LogP contribution is 2.33. The number of hydrogen-bond donors (Lipinski definition) is 0. The SMILES string of the molecule is Cc1ccc(-c2ncccn2)c(C(=O)N2C[C@H](c3nc4cc(F)ccc4o3)CC[C@H]2C)c1. The predicted molar refractivity (Wildman–Crippen MR) is 119 cm³/mol. The van der Waals surface area contributed by atoms with Crippen molar-refractivity contribution in [1.82, 2.24) is 19.9 Å². The normalized spacial score (nSPS) is 18.8. The predicted octanol–water partition coefficient (Wildman–Crippen LogP) is 5.14. The van der Waals surface area contributed by atoms with E-state index in [4.69, 9.17) is 4.42 Å². The van der Waals surface area contributed by atoms with E-state index >= 15 is 0 Å². The maximum atomic E-state index is 13.7. The van der Waals surface area contributed by atoms with Crippen molar-refractivity contribution in [3.63, 3.8) is 0 Å². The lowest BCUT2D eigenvalue weighted by Crippen LogP contribution is -2.45. The van der Waals surface area contributed by atoms with E-state index in [1.54, 1.807) is 24.5 Å². The van der Waals surface area contributed by atoms with Crippen molar-refractivity contribution in [3.8, 4) is 11.4 Å². The molecular weight excluding hydrogens is 407 g/mol. The van der Waals surface area contributed by atoms with E-state index in [9.17, 15) is 9.18 Å². The number of fused-ring (bicyclic) bond motifs is 1. The van der Waals surface area contributed by atoms with E-state index in [2.05, 4.69) is 21.9 Å². The highest BCUT2D eigenvalue weighted by atomic mass is 19.1. The van der Waals surface area contributed by atoms with Crippen molar-refractivity contribution in [3.05, 3.63) is 77.7 Å². The summed E-state index contributed by atoms with van der Waals surface area (Å²) in [5, 5.41) is 0. The largest absolute Gasteiger partial charge is 0.440 e. The van der Waals surface area contributed by atoms with E-state index in [-0.39, 0.29) is 23.7 Å². The Morgan fingerprint density at radius 3 is 2.75 bits per heavy atom. The van der Waals surface area contributed by atoms with Crippen LogP contribution in [0.5, 0.6) is 0 Å². The summed E-state index contributed by atoms with van der Waals surface area (Å²) >= 11 is 0. The second-order valence-electron chi connectivity index (χ2n) is 8.37. The second kappa shape index (κ2) is 8.15. The Morgan fingerprint density at radius 2 is 1.94 bits per heavy atom. The average molecular weight is 430 g/mol. The Bertz CT molecular complexity index is 1290. The van der Waals surface area contributed by atoms with Crippen molar-refractivity contribution >= 4 is 17.0 Å². The number of amides is 1. The number of hydrogen-bond acceptors (Lipinski definition) is 5. The molecule has 2 aromatic carbocycles. The molecule has 4 aromatic rings. The van der Waals surface area contributed by atoms with E-state index < -0.39 is 0 Å².